The minimum atomic E-state index is -0.968. The zero-order valence-electron chi connectivity index (χ0n) is 23.0. The Labute approximate surface area is 237 Å². The number of benzene rings is 2. The van der Waals surface area contributed by atoms with E-state index in [9.17, 15) is 19.5 Å². The van der Waals surface area contributed by atoms with Crippen LogP contribution in [0.3, 0.4) is 0 Å². The number of rotatable bonds is 10. The molecule has 2 heterocycles. The summed E-state index contributed by atoms with van der Waals surface area (Å²) < 4.78 is 10.9. The number of thiazole rings is 1. The molecule has 4 rings (SSSR count). The van der Waals surface area contributed by atoms with Gasteiger partial charge in [-0.15, -0.1) is 0 Å². The Morgan fingerprint density at radius 3 is 2.58 bits per heavy atom. The lowest BCUT2D eigenvalue weighted by Gasteiger charge is -2.23. The Balaban J connectivity index is 1.86. The first-order chi connectivity index (χ1) is 19.2. The van der Waals surface area contributed by atoms with Crippen LogP contribution in [0.25, 0.3) is 5.76 Å². The molecule has 0 radical (unpaired) electrons. The molecule has 9 heteroatoms. The number of aryl methyl sites for hydroxylation is 1. The Bertz CT molecular complexity index is 1470. The number of aliphatic hydroxyl groups is 1. The van der Waals surface area contributed by atoms with Gasteiger partial charge in [0.1, 0.15) is 23.0 Å². The summed E-state index contributed by atoms with van der Waals surface area (Å²) in [7, 11) is 0. The number of ketones is 1. The number of anilines is 1. The molecule has 1 saturated heterocycles. The van der Waals surface area contributed by atoms with E-state index >= 15 is 0 Å². The SMILES string of the molecule is C=CCOC(=O)c1sc(N2C(=O)C(=O)/C(=C(/O)c3cccc(OCCC)c3)C2c2ccc(C(C)C)cc2)nc1C. The monoisotopic (exact) mass is 560 g/mol. The van der Waals surface area contributed by atoms with Crippen LogP contribution in [0.4, 0.5) is 5.13 Å². The minimum Gasteiger partial charge on any atom is -0.507 e. The molecule has 2 aromatic carbocycles. The fourth-order valence-electron chi connectivity index (χ4n) is 4.39. The summed E-state index contributed by atoms with van der Waals surface area (Å²) in [4.78, 5) is 45.6. The van der Waals surface area contributed by atoms with E-state index in [1.54, 1.807) is 31.2 Å². The molecule has 0 bridgehead atoms. The predicted molar refractivity (Wildman–Crippen MR) is 155 cm³/mol. The van der Waals surface area contributed by atoms with E-state index in [1.165, 1.54) is 11.0 Å². The quantitative estimate of drug-likeness (QED) is 0.101. The number of amides is 1. The van der Waals surface area contributed by atoms with Gasteiger partial charge >= 0.3 is 11.9 Å². The second-order valence-corrected chi connectivity index (χ2v) is 10.6. The maximum atomic E-state index is 13.5. The van der Waals surface area contributed by atoms with Gasteiger partial charge in [-0.3, -0.25) is 14.5 Å². The van der Waals surface area contributed by atoms with Crippen LogP contribution in [0.5, 0.6) is 5.75 Å². The molecule has 208 valence electrons. The molecule has 1 amide bonds. The van der Waals surface area contributed by atoms with E-state index in [0.717, 1.165) is 23.3 Å². The number of carbonyl (C=O) groups excluding carboxylic acids is 3. The second kappa shape index (κ2) is 12.3. The highest BCUT2D eigenvalue weighted by molar-refractivity contribution is 7.17. The summed E-state index contributed by atoms with van der Waals surface area (Å²) in [5, 5.41) is 11.6. The number of ether oxygens (including phenoxy) is 2. The molecule has 0 saturated carbocycles. The molecular formula is C31H32N2O6S. The van der Waals surface area contributed by atoms with Crippen molar-refractivity contribution in [2.24, 2.45) is 0 Å². The van der Waals surface area contributed by atoms with Gasteiger partial charge in [-0.25, -0.2) is 9.78 Å². The number of nitrogens with zero attached hydrogens (tertiary/aromatic N) is 2. The van der Waals surface area contributed by atoms with Crippen molar-refractivity contribution in [2.45, 2.75) is 46.1 Å². The van der Waals surface area contributed by atoms with Gasteiger partial charge in [-0.1, -0.05) is 81.2 Å². The lowest BCUT2D eigenvalue weighted by atomic mass is 9.93. The highest BCUT2D eigenvalue weighted by atomic mass is 32.1. The lowest BCUT2D eigenvalue weighted by Crippen LogP contribution is -2.29. The van der Waals surface area contributed by atoms with Gasteiger partial charge in [0, 0.05) is 5.56 Å². The molecule has 0 aliphatic carbocycles. The van der Waals surface area contributed by atoms with Gasteiger partial charge in [0.05, 0.1) is 23.9 Å². The molecule has 1 atom stereocenters. The number of esters is 1. The third kappa shape index (κ3) is 5.70. The van der Waals surface area contributed by atoms with Crippen molar-refractivity contribution in [3.8, 4) is 5.75 Å². The molecule has 0 spiro atoms. The normalized spacial score (nSPS) is 16.4. The predicted octanol–water partition coefficient (Wildman–Crippen LogP) is 6.33. The van der Waals surface area contributed by atoms with Gasteiger partial charge in [-0.2, -0.15) is 0 Å². The molecule has 8 nitrogen and oxygen atoms in total. The maximum Gasteiger partial charge on any atom is 0.350 e. The molecule has 1 aliphatic heterocycles. The molecule has 1 unspecified atom stereocenters. The Kier molecular flexibility index (Phi) is 8.84. The molecule has 1 aromatic heterocycles. The third-order valence-corrected chi connectivity index (χ3v) is 7.59. The van der Waals surface area contributed by atoms with Crippen molar-refractivity contribution in [2.75, 3.05) is 18.1 Å². The van der Waals surface area contributed by atoms with Crippen LogP contribution < -0.4 is 9.64 Å². The highest BCUT2D eigenvalue weighted by Gasteiger charge is 2.48. The largest absolute Gasteiger partial charge is 0.507 e. The first kappa shape index (κ1) is 28.8. The smallest absolute Gasteiger partial charge is 0.350 e. The number of aliphatic hydroxyl groups excluding tert-OH is 1. The molecule has 40 heavy (non-hydrogen) atoms. The van der Waals surface area contributed by atoms with Gasteiger partial charge < -0.3 is 14.6 Å². The van der Waals surface area contributed by atoms with Crippen molar-refractivity contribution >= 4 is 39.9 Å². The van der Waals surface area contributed by atoms with E-state index in [0.29, 0.717) is 29.2 Å². The summed E-state index contributed by atoms with van der Waals surface area (Å²) in [5.41, 5.74) is 2.34. The molecular weight excluding hydrogens is 528 g/mol. The molecule has 1 fully saturated rings. The van der Waals surface area contributed by atoms with Gasteiger partial charge in [0.25, 0.3) is 5.78 Å². The second-order valence-electron chi connectivity index (χ2n) is 9.66. The third-order valence-electron chi connectivity index (χ3n) is 6.45. The molecule has 1 N–H and O–H groups in total. The van der Waals surface area contributed by atoms with E-state index in [4.69, 9.17) is 9.47 Å². The van der Waals surface area contributed by atoms with Crippen LogP contribution in [-0.2, 0) is 14.3 Å². The first-order valence-electron chi connectivity index (χ1n) is 13.1. The van der Waals surface area contributed by atoms with Crippen LogP contribution >= 0.6 is 11.3 Å². The van der Waals surface area contributed by atoms with Gasteiger partial charge in [0.2, 0.25) is 0 Å². The Morgan fingerprint density at radius 2 is 1.93 bits per heavy atom. The number of carbonyl (C=O) groups is 3. The van der Waals surface area contributed by atoms with Crippen LogP contribution in [0.15, 0.2) is 66.8 Å². The number of hydrogen-bond acceptors (Lipinski definition) is 8. The van der Waals surface area contributed by atoms with Crippen molar-refractivity contribution in [3.63, 3.8) is 0 Å². The van der Waals surface area contributed by atoms with E-state index < -0.39 is 23.7 Å². The maximum absolute atomic E-state index is 13.5. The van der Waals surface area contributed by atoms with Crippen LogP contribution in [0.2, 0.25) is 0 Å². The molecule has 1 aliphatic rings. The standard InChI is InChI=1S/C31H32N2O6S/c1-6-15-38-23-10-8-9-22(17-23)26(34)24-25(21-13-11-20(12-14-21)18(3)4)33(29(36)27(24)35)31-32-19(5)28(40-31)30(37)39-16-7-2/h7-14,17-18,25,34H,2,6,15-16H2,1,3-5H3/b26-24+. The van der Waals surface area contributed by atoms with Crippen LogP contribution in [0, 0.1) is 6.92 Å². The van der Waals surface area contributed by atoms with Crippen molar-refractivity contribution in [3.05, 3.63) is 94.0 Å². The summed E-state index contributed by atoms with van der Waals surface area (Å²) in [6.07, 6.45) is 2.26. The lowest BCUT2D eigenvalue weighted by molar-refractivity contribution is -0.132. The first-order valence-corrected chi connectivity index (χ1v) is 13.9. The van der Waals surface area contributed by atoms with Crippen LogP contribution in [0.1, 0.15) is 71.2 Å². The topological polar surface area (TPSA) is 106 Å². The zero-order chi connectivity index (χ0) is 29.0. The summed E-state index contributed by atoms with van der Waals surface area (Å²) in [6.45, 7) is 11.8. The zero-order valence-corrected chi connectivity index (χ0v) is 23.8. The fraction of sp³-hybridized carbons (Fsp3) is 0.290. The van der Waals surface area contributed by atoms with E-state index in [1.807, 2.05) is 31.2 Å². The Hall–Kier alpha value is -4.24. The number of Topliss-reactive ketones (excluding diaryl/α,β-unsaturated/α-hetero) is 1. The summed E-state index contributed by atoms with van der Waals surface area (Å²) in [6, 6.07) is 13.4. The highest BCUT2D eigenvalue weighted by Crippen LogP contribution is 2.44. The van der Waals surface area contributed by atoms with E-state index in [2.05, 4.69) is 25.4 Å². The number of hydrogen-bond donors (Lipinski definition) is 1. The average molecular weight is 561 g/mol. The van der Waals surface area contributed by atoms with Crippen molar-refractivity contribution in [1.82, 2.24) is 4.98 Å². The van der Waals surface area contributed by atoms with Crippen molar-refractivity contribution in [1.29, 1.82) is 0 Å². The van der Waals surface area contributed by atoms with Crippen molar-refractivity contribution < 1.29 is 29.0 Å². The van der Waals surface area contributed by atoms with Gasteiger partial charge in [0.15, 0.2) is 5.13 Å². The summed E-state index contributed by atoms with van der Waals surface area (Å²) >= 11 is 0.957. The van der Waals surface area contributed by atoms with E-state index in [-0.39, 0.29) is 33.9 Å². The van der Waals surface area contributed by atoms with Gasteiger partial charge in [-0.05, 0) is 42.5 Å². The number of aromatic nitrogens is 1. The minimum absolute atomic E-state index is 0.0270. The van der Waals surface area contributed by atoms with Crippen LogP contribution in [-0.4, -0.2) is 41.0 Å². The molecule has 3 aromatic rings. The summed E-state index contributed by atoms with van der Waals surface area (Å²) in [5.74, 6) is -1.80. The fourth-order valence-corrected chi connectivity index (χ4v) is 5.38. The average Bonchev–Trinajstić information content (AvgIpc) is 3.46. The Morgan fingerprint density at radius 1 is 1.20 bits per heavy atom.